The van der Waals surface area contributed by atoms with Crippen molar-refractivity contribution in [1.29, 1.82) is 0 Å². The predicted molar refractivity (Wildman–Crippen MR) is 114 cm³/mol. The normalized spacial score (nSPS) is 11.1. The fourth-order valence-electron chi connectivity index (χ4n) is 2.90. The summed E-state index contributed by atoms with van der Waals surface area (Å²) in [4.78, 5) is 12.2. The number of ether oxygens (including phenoxy) is 2. The van der Waals surface area contributed by atoms with E-state index in [0.717, 1.165) is 28.3 Å². The van der Waals surface area contributed by atoms with Crippen molar-refractivity contribution in [3.05, 3.63) is 53.6 Å². The maximum atomic E-state index is 13.5. The SMILES string of the molecule is CCOc1cc(CNC(=O)CCCN(c2ccc(F)c(F)c2)S(C)(=O)=O)ccc1OC. The first kappa shape index (κ1) is 24.4. The Morgan fingerprint density at radius 1 is 1.10 bits per heavy atom. The van der Waals surface area contributed by atoms with Gasteiger partial charge in [0, 0.05) is 25.6 Å². The zero-order chi connectivity index (χ0) is 23.0. The fourth-order valence-corrected chi connectivity index (χ4v) is 3.86. The van der Waals surface area contributed by atoms with E-state index in [1.54, 1.807) is 25.3 Å². The third kappa shape index (κ3) is 7.09. The van der Waals surface area contributed by atoms with E-state index in [-0.39, 0.29) is 37.5 Å². The van der Waals surface area contributed by atoms with Crippen molar-refractivity contribution in [2.24, 2.45) is 0 Å². The van der Waals surface area contributed by atoms with E-state index in [4.69, 9.17) is 9.47 Å². The third-order valence-corrected chi connectivity index (χ3v) is 5.57. The first-order valence-corrected chi connectivity index (χ1v) is 11.5. The van der Waals surface area contributed by atoms with Gasteiger partial charge >= 0.3 is 0 Å². The van der Waals surface area contributed by atoms with Crippen LogP contribution in [0.4, 0.5) is 14.5 Å². The summed E-state index contributed by atoms with van der Waals surface area (Å²) >= 11 is 0. The minimum atomic E-state index is -3.73. The smallest absolute Gasteiger partial charge is 0.232 e. The minimum absolute atomic E-state index is 0.00324. The van der Waals surface area contributed by atoms with Crippen LogP contribution in [0.25, 0.3) is 0 Å². The molecule has 0 aromatic heterocycles. The van der Waals surface area contributed by atoms with Gasteiger partial charge in [0.25, 0.3) is 0 Å². The Balaban J connectivity index is 1.92. The number of hydrogen-bond acceptors (Lipinski definition) is 5. The summed E-state index contributed by atoms with van der Waals surface area (Å²) in [6.07, 6.45) is 1.23. The number of amides is 1. The molecular formula is C21H26F2N2O5S. The van der Waals surface area contributed by atoms with Gasteiger partial charge in [-0.1, -0.05) is 6.07 Å². The number of methoxy groups -OCH3 is 1. The number of carbonyl (C=O) groups excluding carboxylic acids is 1. The highest BCUT2D eigenvalue weighted by Gasteiger charge is 2.19. The summed E-state index contributed by atoms with van der Waals surface area (Å²) in [7, 11) is -2.19. The van der Waals surface area contributed by atoms with Crippen molar-refractivity contribution in [2.75, 3.05) is 30.8 Å². The Morgan fingerprint density at radius 3 is 2.45 bits per heavy atom. The second kappa shape index (κ2) is 10.9. The summed E-state index contributed by atoms with van der Waals surface area (Å²) in [5, 5.41) is 2.76. The van der Waals surface area contributed by atoms with Crippen LogP contribution in [0, 0.1) is 11.6 Å². The molecule has 170 valence electrons. The molecule has 2 aromatic carbocycles. The molecule has 0 aliphatic rings. The Labute approximate surface area is 181 Å². The van der Waals surface area contributed by atoms with Crippen LogP contribution in [-0.4, -0.2) is 40.8 Å². The van der Waals surface area contributed by atoms with Gasteiger partial charge in [0.05, 0.1) is 25.7 Å². The van der Waals surface area contributed by atoms with Crippen molar-refractivity contribution in [2.45, 2.75) is 26.3 Å². The van der Waals surface area contributed by atoms with E-state index in [1.807, 2.05) is 6.92 Å². The molecule has 2 rings (SSSR count). The maximum Gasteiger partial charge on any atom is 0.232 e. The number of sulfonamides is 1. The van der Waals surface area contributed by atoms with Gasteiger partial charge < -0.3 is 14.8 Å². The summed E-state index contributed by atoms with van der Waals surface area (Å²) < 4.78 is 62.4. The highest BCUT2D eigenvalue weighted by Crippen LogP contribution is 2.28. The number of halogens is 2. The number of rotatable bonds is 11. The molecule has 0 radical (unpaired) electrons. The van der Waals surface area contributed by atoms with Gasteiger partial charge in [0.2, 0.25) is 15.9 Å². The molecule has 0 aliphatic carbocycles. The zero-order valence-corrected chi connectivity index (χ0v) is 18.5. The van der Waals surface area contributed by atoms with Gasteiger partial charge in [-0.2, -0.15) is 0 Å². The predicted octanol–water partition coefficient (Wildman–Crippen LogP) is 3.23. The van der Waals surface area contributed by atoms with Crippen LogP contribution in [0.2, 0.25) is 0 Å². The summed E-state index contributed by atoms with van der Waals surface area (Å²) in [6, 6.07) is 8.18. The second-order valence-corrected chi connectivity index (χ2v) is 8.64. The molecule has 0 saturated carbocycles. The van der Waals surface area contributed by atoms with Crippen molar-refractivity contribution in [3.63, 3.8) is 0 Å². The number of nitrogens with one attached hydrogen (secondary N) is 1. The molecule has 2 aromatic rings. The number of carbonyl (C=O) groups is 1. The lowest BCUT2D eigenvalue weighted by atomic mass is 10.2. The Morgan fingerprint density at radius 2 is 1.84 bits per heavy atom. The minimum Gasteiger partial charge on any atom is -0.493 e. The van der Waals surface area contributed by atoms with Gasteiger partial charge in [-0.3, -0.25) is 9.10 Å². The monoisotopic (exact) mass is 456 g/mol. The first-order chi connectivity index (χ1) is 14.7. The Bertz CT molecular complexity index is 1010. The second-order valence-electron chi connectivity index (χ2n) is 6.73. The molecule has 7 nitrogen and oxygen atoms in total. The summed E-state index contributed by atoms with van der Waals surface area (Å²) in [6.45, 7) is 2.55. The van der Waals surface area contributed by atoms with Gasteiger partial charge in [0.15, 0.2) is 23.1 Å². The Kier molecular flexibility index (Phi) is 8.61. The van der Waals surface area contributed by atoms with Crippen LogP contribution in [0.1, 0.15) is 25.3 Å². The molecule has 0 bridgehead atoms. The molecule has 0 unspecified atom stereocenters. The molecule has 0 spiro atoms. The average molecular weight is 457 g/mol. The number of anilines is 1. The third-order valence-electron chi connectivity index (χ3n) is 4.37. The first-order valence-electron chi connectivity index (χ1n) is 9.65. The van der Waals surface area contributed by atoms with Crippen molar-refractivity contribution < 1.29 is 31.5 Å². The molecule has 0 saturated heterocycles. The van der Waals surface area contributed by atoms with E-state index < -0.39 is 21.7 Å². The lowest BCUT2D eigenvalue weighted by Gasteiger charge is -2.22. The lowest BCUT2D eigenvalue weighted by Crippen LogP contribution is -2.32. The van der Waals surface area contributed by atoms with Crippen LogP contribution in [0.3, 0.4) is 0 Å². The van der Waals surface area contributed by atoms with E-state index in [2.05, 4.69) is 5.32 Å². The quantitative estimate of drug-likeness (QED) is 0.561. The van der Waals surface area contributed by atoms with E-state index in [0.29, 0.717) is 18.1 Å². The fraction of sp³-hybridized carbons (Fsp3) is 0.381. The average Bonchev–Trinajstić information content (AvgIpc) is 2.71. The van der Waals surface area contributed by atoms with Gasteiger partial charge in [-0.05, 0) is 43.2 Å². The molecule has 0 aliphatic heterocycles. The number of benzene rings is 2. The summed E-state index contributed by atoms with van der Waals surface area (Å²) in [5.74, 6) is -1.31. The highest BCUT2D eigenvalue weighted by atomic mass is 32.2. The highest BCUT2D eigenvalue weighted by molar-refractivity contribution is 7.92. The van der Waals surface area contributed by atoms with E-state index in [9.17, 15) is 22.0 Å². The molecule has 0 fully saturated rings. The maximum absolute atomic E-state index is 13.5. The molecular weight excluding hydrogens is 430 g/mol. The van der Waals surface area contributed by atoms with Crippen LogP contribution in [0.5, 0.6) is 11.5 Å². The van der Waals surface area contributed by atoms with Crippen molar-refractivity contribution >= 4 is 21.6 Å². The van der Waals surface area contributed by atoms with Crippen molar-refractivity contribution in [1.82, 2.24) is 5.32 Å². The number of nitrogens with zero attached hydrogens (tertiary/aromatic N) is 1. The summed E-state index contributed by atoms with van der Waals surface area (Å²) in [5.41, 5.74) is 0.820. The van der Waals surface area contributed by atoms with E-state index in [1.165, 1.54) is 6.07 Å². The van der Waals surface area contributed by atoms with Crippen LogP contribution < -0.4 is 19.1 Å². The molecule has 0 atom stereocenters. The molecule has 0 heterocycles. The standard InChI is InChI=1S/C21H26F2N2O5S/c1-4-30-20-12-15(7-10-19(20)29-2)14-24-21(26)6-5-11-25(31(3,27)28)16-8-9-17(22)18(23)13-16/h7-10,12-13H,4-6,11,14H2,1-3H3,(H,24,26). The lowest BCUT2D eigenvalue weighted by molar-refractivity contribution is -0.121. The van der Waals surface area contributed by atoms with Gasteiger partial charge in [-0.25, -0.2) is 17.2 Å². The van der Waals surface area contributed by atoms with Crippen LogP contribution >= 0.6 is 0 Å². The molecule has 1 N–H and O–H groups in total. The van der Waals surface area contributed by atoms with Crippen LogP contribution in [0.15, 0.2) is 36.4 Å². The largest absolute Gasteiger partial charge is 0.493 e. The van der Waals surface area contributed by atoms with Gasteiger partial charge in [0.1, 0.15) is 0 Å². The molecule has 1 amide bonds. The van der Waals surface area contributed by atoms with Crippen LogP contribution in [-0.2, 0) is 21.4 Å². The molecule has 31 heavy (non-hydrogen) atoms. The van der Waals surface area contributed by atoms with E-state index >= 15 is 0 Å². The molecule has 10 heteroatoms. The van der Waals surface area contributed by atoms with Crippen molar-refractivity contribution in [3.8, 4) is 11.5 Å². The van der Waals surface area contributed by atoms with Gasteiger partial charge in [-0.15, -0.1) is 0 Å². The topological polar surface area (TPSA) is 84.9 Å². The Hall–Kier alpha value is -2.88. The zero-order valence-electron chi connectivity index (χ0n) is 17.7. The number of hydrogen-bond donors (Lipinski definition) is 1.